The SMILES string of the molecule is COc1ccc(-c2nnc(SC[C@H]3CCCO3)n2-c2ccccc2F)cc1. The summed E-state index contributed by atoms with van der Waals surface area (Å²) in [5, 5.41) is 9.34. The lowest BCUT2D eigenvalue weighted by Gasteiger charge is -2.13. The van der Waals surface area contributed by atoms with E-state index >= 15 is 0 Å². The van der Waals surface area contributed by atoms with Crippen molar-refractivity contribution in [1.82, 2.24) is 14.8 Å². The molecule has 0 unspecified atom stereocenters. The number of methoxy groups -OCH3 is 1. The van der Waals surface area contributed by atoms with Crippen molar-refractivity contribution in [3.05, 3.63) is 54.3 Å². The first kappa shape index (κ1) is 18.0. The lowest BCUT2D eigenvalue weighted by atomic mass is 10.2. The Hall–Kier alpha value is -2.38. The van der Waals surface area contributed by atoms with Crippen molar-refractivity contribution in [1.29, 1.82) is 0 Å². The van der Waals surface area contributed by atoms with E-state index in [1.165, 1.54) is 6.07 Å². The second-order valence-electron chi connectivity index (χ2n) is 6.27. The highest BCUT2D eigenvalue weighted by atomic mass is 32.2. The number of thioether (sulfide) groups is 1. The third kappa shape index (κ3) is 3.84. The molecule has 0 spiro atoms. The topological polar surface area (TPSA) is 49.2 Å². The summed E-state index contributed by atoms with van der Waals surface area (Å²) in [5.41, 5.74) is 1.28. The quantitative estimate of drug-likeness (QED) is 0.591. The Balaban J connectivity index is 1.72. The summed E-state index contributed by atoms with van der Waals surface area (Å²) < 4.78 is 27.2. The van der Waals surface area contributed by atoms with Crippen LogP contribution in [0.15, 0.2) is 53.7 Å². The van der Waals surface area contributed by atoms with E-state index in [-0.39, 0.29) is 11.9 Å². The van der Waals surface area contributed by atoms with Gasteiger partial charge in [0, 0.05) is 17.9 Å². The molecular formula is C20H20FN3O2S. The molecule has 1 aromatic heterocycles. The predicted molar refractivity (Wildman–Crippen MR) is 103 cm³/mol. The van der Waals surface area contributed by atoms with E-state index in [0.29, 0.717) is 16.7 Å². The lowest BCUT2D eigenvalue weighted by Crippen LogP contribution is -2.09. The van der Waals surface area contributed by atoms with E-state index in [0.717, 1.165) is 36.5 Å². The van der Waals surface area contributed by atoms with E-state index in [1.54, 1.807) is 35.6 Å². The van der Waals surface area contributed by atoms with Crippen LogP contribution in [-0.4, -0.2) is 40.3 Å². The molecule has 0 radical (unpaired) electrons. The molecule has 0 bridgehead atoms. The number of benzene rings is 2. The Kier molecular flexibility index (Phi) is 5.40. The zero-order chi connectivity index (χ0) is 18.6. The fourth-order valence-corrected chi connectivity index (χ4v) is 4.09. The molecular weight excluding hydrogens is 365 g/mol. The average Bonchev–Trinajstić information content (AvgIpc) is 3.36. The molecule has 1 saturated heterocycles. The van der Waals surface area contributed by atoms with Crippen molar-refractivity contribution in [3.63, 3.8) is 0 Å². The lowest BCUT2D eigenvalue weighted by molar-refractivity contribution is 0.129. The molecule has 0 aliphatic carbocycles. The molecule has 0 N–H and O–H groups in total. The van der Waals surface area contributed by atoms with Gasteiger partial charge in [-0.25, -0.2) is 4.39 Å². The van der Waals surface area contributed by atoms with Gasteiger partial charge in [-0.1, -0.05) is 23.9 Å². The van der Waals surface area contributed by atoms with Crippen LogP contribution in [0.1, 0.15) is 12.8 Å². The first-order chi connectivity index (χ1) is 13.3. The summed E-state index contributed by atoms with van der Waals surface area (Å²) >= 11 is 1.54. The Morgan fingerprint density at radius 1 is 1.19 bits per heavy atom. The van der Waals surface area contributed by atoms with Crippen LogP contribution in [0.4, 0.5) is 4.39 Å². The molecule has 27 heavy (non-hydrogen) atoms. The zero-order valence-electron chi connectivity index (χ0n) is 15.0. The van der Waals surface area contributed by atoms with Crippen molar-refractivity contribution < 1.29 is 13.9 Å². The van der Waals surface area contributed by atoms with Crippen molar-refractivity contribution in [2.45, 2.75) is 24.1 Å². The molecule has 0 saturated carbocycles. The predicted octanol–water partition coefficient (Wildman–Crippen LogP) is 4.35. The van der Waals surface area contributed by atoms with Gasteiger partial charge in [0.2, 0.25) is 0 Å². The smallest absolute Gasteiger partial charge is 0.196 e. The van der Waals surface area contributed by atoms with Gasteiger partial charge in [0.15, 0.2) is 11.0 Å². The molecule has 2 heterocycles. The molecule has 5 nitrogen and oxygen atoms in total. The monoisotopic (exact) mass is 385 g/mol. The number of aromatic nitrogens is 3. The largest absolute Gasteiger partial charge is 0.497 e. The summed E-state index contributed by atoms with van der Waals surface area (Å²) in [6.07, 6.45) is 2.35. The van der Waals surface area contributed by atoms with Crippen LogP contribution in [0.2, 0.25) is 0 Å². The van der Waals surface area contributed by atoms with E-state index in [2.05, 4.69) is 10.2 Å². The molecule has 140 valence electrons. The molecule has 1 atom stereocenters. The normalized spacial score (nSPS) is 16.6. The molecule has 7 heteroatoms. The highest BCUT2D eigenvalue weighted by Gasteiger charge is 2.21. The Labute approximate surface area is 161 Å². The first-order valence-electron chi connectivity index (χ1n) is 8.85. The van der Waals surface area contributed by atoms with Crippen molar-refractivity contribution in [3.8, 4) is 22.8 Å². The van der Waals surface area contributed by atoms with Gasteiger partial charge in [-0.3, -0.25) is 4.57 Å². The number of para-hydroxylation sites is 1. The molecule has 1 fully saturated rings. The van der Waals surface area contributed by atoms with Gasteiger partial charge in [-0.05, 0) is 49.2 Å². The fraction of sp³-hybridized carbons (Fsp3) is 0.300. The number of halogens is 1. The number of hydrogen-bond acceptors (Lipinski definition) is 5. The number of ether oxygens (including phenoxy) is 2. The highest BCUT2D eigenvalue weighted by molar-refractivity contribution is 7.99. The van der Waals surface area contributed by atoms with E-state index in [9.17, 15) is 4.39 Å². The summed E-state index contributed by atoms with van der Waals surface area (Å²) in [6, 6.07) is 14.2. The van der Waals surface area contributed by atoms with Gasteiger partial charge in [-0.2, -0.15) is 0 Å². The standard InChI is InChI=1S/C20H20FN3O2S/c1-25-15-10-8-14(9-11-15)19-22-23-20(27-13-16-5-4-12-26-16)24(19)18-7-3-2-6-17(18)21/h2-3,6-11,16H,4-5,12-13H2,1H3/t16-/m1/s1. The van der Waals surface area contributed by atoms with Gasteiger partial charge in [0.25, 0.3) is 0 Å². The first-order valence-corrected chi connectivity index (χ1v) is 9.84. The molecule has 0 amide bonds. The Morgan fingerprint density at radius 2 is 2.00 bits per heavy atom. The van der Waals surface area contributed by atoms with Crippen molar-refractivity contribution in [2.75, 3.05) is 19.5 Å². The van der Waals surface area contributed by atoms with Gasteiger partial charge >= 0.3 is 0 Å². The average molecular weight is 385 g/mol. The number of rotatable bonds is 6. The summed E-state index contributed by atoms with van der Waals surface area (Å²) in [7, 11) is 1.62. The van der Waals surface area contributed by atoms with Crippen molar-refractivity contribution in [2.24, 2.45) is 0 Å². The van der Waals surface area contributed by atoms with Gasteiger partial charge in [0.05, 0.1) is 18.9 Å². The van der Waals surface area contributed by atoms with Gasteiger partial charge in [-0.15, -0.1) is 10.2 Å². The molecule has 4 rings (SSSR count). The summed E-state index contributed by atoms with van der Waals surface area (Å²) in [4.78, 5) is 0. The van der Waals surface area contributed by atoms with Crippen LogP contribution in [-0.2, 0) is 4.74 Å². The molecule has 2 aromatic carbocycles. The Morgan fingerprint density at radius 3 is 2.70 bits per heavy atom. The Bertz CT molecular complexity index is 908. The summed E-state index contributed by atoms with van der Waals surface area (Å²) in [5.74, 6) is 1.81. The minimum absolute atomic E-state index is 0.213. The molecule has 1 aliphatic heterocycles. The van der Waals surface area contributed by atoms with Crippen molar-refractivity contribution >= 4 is 11.8 Å². The second-order valence-corrected chi connectivity index (χ2v) is 7.25. The van der Waals surface area contributed by atoms with Crippen LogP contribution in [0, 0.1) is 5.82 Å². The number of hydrogen-bond donors (Lipinski definition) is 0. The van der Waals surface area contributed by atoms with E-state index in [4.69, 9.17) is 9.47 Å². The molecule has 3 aromatic rings. The van der Waals surface area contributed by atoms with Crippen LogP contribution < -0.4 is 4.74 Å². The fourth-order valence-electron chi connectivity index (χ4n) is 3.08. The van der Waals surface area contributed by atoms with Crippen LogP contribution in [0.5, 0.6) is 5.75 Å². The maximum atomic E-state index is 14.6. The zero-order valence-corrected chi connectivity index (χ0v) is 15.8. The number of nitrogens with zero attached hydrogens (tertiary/aromatic N) is 3. The van der Waals surface area contributed by atoms with Gasteiger partial charge < -0.3 is 9.47 Å². The van der Waals surface area contributed by atoms with Crippen LogP contribution in [0.25, 0.3) is 17.1 Å². The third-order valence-corrected chi connectivity index (χ3v) is 5.56. The van der Waals surface area contributed by atoms with Crippen LogP contribution >= 0.6 is 11.8 Å². The van der Waals surface area contributed by atoms with Gasteiger partial charge in [0.1, 0.15) is 11.6 Å². The minimum atomic E-state index is -0.314. The third-order valence-electron chi connectivity index (χ3n) is 4.50. The van der Waals surface area contributed by atoms with E-state index in [1.807, 2.05) is 30.3 Å². The minimum Gasteiger partial charge on any atom is -0.497 e. The van der Waals surface area contributed by atoms with E-state index < -0.39 is 0 Å². The summed E-state index contributed by atoms with van der Waals surface area (Å²) in [6.45, 7) is 0.808. The second kappa shape index (κ2) is 8.10. The maximum Gasteiger partial charge on any atom is 0.196 e. The van der Waals surface area contributed by atoms with Crippen LogP contribution in [0.3, 0.4) is 0 Å². The molecule has 1 aliphatic rings. The highest BCUT2D eigenvalue weighted by Crippen LogP contribution is 2.31. The maximum absolute atomic E-state index is 14.6.